The van der Waals surface area contributed by atoms with E-state index in [9.17, 15) is 22.4 Å². The molecular weight excluding hydrogens is 550 g/mol. The van der Waals surface area contributed by atoms with Crippen LogP contribution in [0.4, 0.5) is 17.6 Å². The van der Waals surface area contributed by atoms with Crippen LogP contribution in [0.3, 0.4) is 0 Å². The SMILES string of the molecule is O=C(NC1CCN(Cc2ccccc2)CC1)c1ccc(OC2CCN(Cc3ccc(OC(F)(F)F)cc3)CC2)c(F)c1. The first-order chi connectivity index (χ1) is 20.2. The fraction of sp³-hybridized carbons (Fsp3) is 0.406. The molecule has 6 nitrogen and oxygen atoms in total. The van der Waals surface area contributed by atoms with E-state index in [0.29, 0.717) is 32.5 Å². The van der Waals surface area contributed by atoms with Gasteiger partial charge in [-0.3, -0.25) is 14.6 Å². The second-order valence-corrected chi connectivity index (χ2v) is 10.9. The molecule has 0 spiro atoms. The van der Waals surface area contributed by atoms with E-state index in [2.05, 4.69) is 32.0 Å². The molecule has 2 aliphatic heterocycles. The van der Waals surface area contributed by atoms with Crippen molar-refractivity contribution in [1.29, 1.82) is 0 Å². The van der Waals surface area contributed by atoms with E-state index in [1.54, 1.807) is 18.2 Å². The highest BCUT2D eigenvalue weighted by Gasteiger charge is 2.31. The minimum absolute atomic E-state index is 0.0554. The lowest BCUT2D eigenvalue weighted by Crippen LogP contribution is -2.44. The van der Waals surface area contributed by atoms with Crippen molar-refractivity contribution in [2.24, 2.45) is 0 Å². The molecule has 0 saturated carbocycles. The van der Waals surface area contributed by atoms with Gasteiger partial charge in [-0.05, 0) is 67.1 Å². The van der Waals surface area contributed by atoms with Crippen LogP contribution in [0.15, 0.2) is 72.8 Å². The Morgan fingerprint density at radius 3 is 2.00 bits per heavy atom. The molecule has 1 amide bonds. The number of carbonyl (C=O) groups is 1. The molecule has 0 atom stereocenters. The first-order valence-corrected chi connectivity index (χ1v) is 14.3. The molecule has 2 aliphatic rings. The van der Waals surface area contributed by atoms with Crippen LogP contribution in [-0.4, -0.2) is 60.4 Å². The number of hydrogen-bond acceptors (Lipinski definition) is 5. The Labute approximate surface area is 243 Å². The molecule has 1 N–H and O–H groups in total. The zero-order chi connectivity index (χ0) is 29.5. The Morgan fingerprint density at radius 2 is 1.40 bits per heavy atom. The number of halogens is 4. The summed E-state index contributed by atoms with van der Waals surface area (Å²) in [7, 11) is 0. The average molecular weight is 586 g/mol. The van der Waals surface area contributed by atoms with Crippen LogP contribution in [0.1, 0.15) is 47.2 Å². The van der Waals surface area contributed by atoms with E-state index in [4.69, 9.17) is 4.74 Å². The molecule has 0 aromatic heterocycles. The van der Waals surface area contributed by atoms with Crippen LogP contribution in [0.5, 0.6) is 11.5 Å². The van der Waals surface area contributed by atoms with Gasteiger partial charge in [-0.1, -0.05) is 42.5 Å². The van der Waals surface area contributed by atoms with Crippen LogP contribution < -0.4 is 14.8 Å². The van der Waals surface area contributed by atoms with Gasteiger partial charge in [0.05, 0.1) is 0 Å². The van der Waals surface area contributed by atoms with Crippen molar-refractivity contribution >= 4 is 5.91 Å². The fourth-order valence-corrected chi connectivity index (χ4v) is 5.50. The summed E-state index contributed by atoms with van der Waals surface area (Å²) in [6.07, 6.45) is -1.83. The molecule has 0 bridgehead atoms. The van der Waals surface area contributed by atoms with Crippen molar-refractivity contribution in [2.75, 3.05) is 26.2 Å². The highest BCUT2D eigenvalue weighted by Crippen LogP contribution is 2.26. The molecule has 3 aromatic rings. The predicted octanol–water partition coefficient (Wildman–Crippen LogP) is 6.16. The smallest absolute Gasteiger partial charge is 0.487 e. The Morgan fingerprint density at radius 1 is 0.810 bits per heavy atom. The summed E-state index contributed by atoms with van der Waals surface area (Å²) < 4.78 is 61.8. The number of rotatable bonds is 9. The van der Waals surface area contributed by atoms with Crippen molar-refractivity contribution < 1.29 is 31.8 Å². The standard InChI is InChI=1S/C32H35F4N3O3/c33-29-20-25(31(40)37-26-12-16-38(17-13-26)21-23-4-2-1-3-5-23)8-11-30(29)41-27-14-18-39(19-15-27)22-24-6-9-28(10-7-24)42-32(34,35)36/h1-11,20,26-27H,12-19,21-22H2,(H,37,40). The summed E-state index contributed by atoms with van der Waals surface area (Å²) in [4.78, 5) is 17.4. The number of alkyl halides is 3. The summed E-state index contributed by atoms with van der Waals surface area (Å²) in [5.74, 6) is -0.972. The molecule has 5 rings (SSSR count). The minimum Gasteiger partial charge on any atom is -0.487 e. The van der Waals surface area contributed by atoms with Crippen LogP contribution in [-0.2, 0) is 13.1 Å². The second kappa shape index (κ2) is 13.6. The second-order valence-electron chi connectivity index (χ2n) is 10.9. The number of nitrogens with one attached hydrogen (secondary N) is 1. The van der Waals surface area contributed by atoms with E-state index in [-0.39, 0.29) is 35.1 Å². The van der Waals surface area contributed by atoms with Crippen LogP contribution in [0.25, 0.3) is 0 Å². The maximum absolute atomic E-state index is 14.9. The lowest BCUT2D eigenvalue weighted by molar-refractivity contribution is -0.274. The lowest BCUT2D eigenvalue weighted by Gasteiger charge is -2.32. The van der Waals surface area contributed by atoms with Gasteiger partial charge >= 0.3 is 6.36 Å². The molecule has 0 unspecified atom stereocenters. The quantitative estimate of drug-likeness (QED) is 0.305. The highest BCUT2D eigenvalue weighted by atomic mass is 19.4. The van der Waals surface area contributed by atoms with Gasteiger partial charge < -0.3 is 14.8 Å². The average Bonchev–Trinajstić information content (AvgIpc) is 2.97. The minimum atomic E-state index is -4.71. The van der Waals surface area contributed by atoms with Crippen LogP contribution in [0, 0.1) is 5.82 Å². The topological polar surface area (TPSA) is 54.0 Å². The van der Waals surface area contributed by atoms with Gasteiger partial charge in [0.25, 0.3) is 5.91 Å². The highest BCUT2D eigenvalue weighted by molar-refractivity contribution is 5.94. The fourth-order valence-electron chi connectivity index (χ4n) is 5.50. The van der Waals surface area contributed by atoms with E-state index in [1.165, 1.54) is 29.8 Å². The molecule has 2 heterocycles. The van der Waals surface area contributed by atoms with Gasteiger partial charge in [0.2, 0.25) is 0 Å². The number of amides is 1. The molecule has 2 saturated heterocycles. The molecule has 0 aliphatic carbocycles. The third kappa shape index (κ3) is 8.69. The van der Waals surface area contributed by atoms with Gasteiger partial charge in [-0.15, -0.1) is 13.2 Å². The maximum atomic E-state index is 14.9. The number of hydrogen-bond donors (Lipinski definition) is 1. The Kier molecular flexibility index (Phi) is 9.64. The van der Waals surface area contributed by atoms with E-state index in [0.717, 1.165) is 38.0 Å². The van der Waals surface area contributed by atoms with Crippen molar-refractivity contribution in [3.05, 3.63) is 95.3 Å². The van der Waals surface area contributed by atoms with Crippen LogP contribution >= 0.6 is 0 Å². The predicted molar refractivity (Wildman–Crippen MR) is 151 cm³/mol. The van der Waals surface area contributed by atoms with Crippen molar-refractivity contribution in [1.82, 2.24) is 15.1 Å². The van der Waals surface area contributed by atoms with Gasteiger partial charge in [-0.25, -0.2) is 4.39 Å². The Bertz CT molecular complexity index is 1300. The number of carbonyl (C=O) groups excluding carboxylic acids is 1. The molecular formula is C32H35F4N3O3. The van der Waals surface area contributed by atoms with Gasteiger partial charge in [0.15, 0.2) is 11.6 Å². The number of ether oxygens (including phenoxy) is 2. The van der Waals surface area contributed by atoms with Crippen LogP contribution in [0.2, 0.25) is 0 Å². The molecule has 10 heteroatoms. The number of nitrogens with zero attached hydrogens (tertiary/aromatic N) is 2. The number of piperidine rings is 2. The van der Waals surface area contributed by atoms with Crippen molar-refractivity contribution in [3.63, 3.8) is 0 Å². The summed E-state index contributed by atoms with van der Waals surface area (Å²) in [6, 6.07) is 20.6. The first-order valence-electron chi connectivity index (χ1n) is 14.3. The Balaban J connectivity index is 1.04. The van der Waals surface area contributed by atoms with Gasteiger partial charge in [-0.2, -0.15) is 0 Å². The van der Waals surface area contributed by atoms with E-state index < -0.39 is 12.2 Å². The Hall–Kier alpha value is -3.63. The monoisotopic (exact) mass is 585 g/mol. The summed E-state index contributed by atoms with van der Waals surface area (Å²) in [6.45, 7) is 4.68. The zero-order valence-electron chi connectivity index (χ0n) is 23.3. The molecule has 2 fully saturated rings. The number of likely N-dealkylation sites (tertiary alicyclic amines) is 2. The number of benzene rings is 3. The molecule has 42 heavy (non-hydrogen) atoms. The summed E-state index contributed by atoms with van der Waals surface area (Å²) >= 11 is 0. The summed E-state index contributed by atoms with van der Waals surface area (Å²) in [5, 5.41) is 3.05. The first kappa shape index (κ1) is 29.8. The van der Waals surface area contributed by atoms with Crippen molar-refractivity contribution in [3.8, 4) is 11.5 Å². The lowest BCUT2D eigenvalue weighted by atomic mass is 10.0. The molecule has 3 aromatic carbocycles. The third-order valence-corrected chi connectivity index (χ3v) is 7.76. The van der Waals surface area contributed by atoms with E-state index >= 15 is 0 Å². The van der Waals surface area contributed by atoms with Gasteiger partial charge in [0, 0.05) is 50.9 Å². The van der Waals surface area contributed by atoms with Crippen molar-refractivity contribution in [2.45, 2.75) is 57.3 Å². The van der Waals surface area contributed by atoms with E-state index in [1.807, 2.05) is 18.2 Å². The maximum Gasteiger partial charge on any atom is 0.573 e. The third-order valence-electron chi connectivity index (χ3n) is 7.76. The normalized spacial score (nSPS) is 17.6. The largest absolute Gasteiger partial charge is 0.573 e. The summed E-state index contributed by atoms with van der Waals surface area (Å²) in [5.41, 5.74) is 2.42. The molecule has 224 valence electrons. The van der Waals surface area contributed by atoms with Gasteiger partial charge in [0.1, 0.15) is 11.9 Å². The molecule has 0 radical (unpaired) electrons. The zero-order valence-corrected chi connectivity index (χ0v) is 23.3.